The van der Waals surface area contributed by atoms with Crippen LogP contribution >= 0.6 is 0 Å². The van der Waals surface area contributed by atoms with E-state index in [4.69, 9.17) is 16.2 Å². The molecule has 0 fully saturated rings. The number of amides is 1. The Balaban J connectivity index is 3.01. The van der Waals surface area contributed by atoms with Gasteiger partial charge in [-0.3, -0.25) is 4.79 Å². The molecule has 0 saturated carbocycles. The number of nitrogens with zero attached hydrogens (tertiary/aromatic N) is 2. The number of esters is 1. The van der Waals surface area contributed by atoms with E-state index < -0.39 is 17.9 Å². The van der Waals surface area contributed by atoms with E-state index in [1.165, 1.54) is 10.9 Å². The average molecular weight is 226 g/mol. The van der Waals surface area contributed by atoms with Crippen molar-refractivity contribution in [1.29, 1.82) is 0 Å². The predicted molar refractivity (Wildman–Crippen MR) is 56.5 cm³/mol. The molecule has 1 aromatic heterocycles. The number of nitrogen functional groups attached to an aromatic ring is 1. The maximum absolute atomic E-state index is 11.4. The average Bonchev–Trinajstić information content (AvgIpc) is 2.59. The van der Waals surface area contributed by atoms with Gasteiger partial charge in [-0.2, -0.15) is 0 Å². The third kappa shape index (κ3) is 2.13. The fourth-order valence-corrected chi connectivity index (χ4v) is 1.17. The first-order chi connectivity index (χ1) is 7.49. The van der Waals surface area contributed by atoms with Crippen molar-refractivity contribution in [3.63, 3.8) is 0 Å². The lowest BCUT2D eigenvalue weighted by molar-refractivity contribution is -0.120. The molecule has 0 aromatic carbocycles. The molecule has 7 nitrogen and oxygen atoms in total. The minimum absolute atomic E-state index is 0.00468. The molecular weight excluding hydrogens is 212 g/mol. The van der Waals surface area contributed by atoms with Gasteiger partial charge < -0.3 is 20.8 Å². The largest absolute Gasteiger partial charge is 0.461 e. The van der Waals surface area contributed by atoms with Crippen LogP contribution in [0.15, 0.2) is 6.33 Å². The number of anilines is 1. The number of hydrogen-bond donors (Lipinski definition) is 2. The monoisotopic (exact) mass is 226 g/mol. The van der Waals surface area contributed by atoms with Gasteiger partial charge in [-0.05, 0) is 13.8 Å². The molecule has 0 aliphatic rings. The number of rotatable bonds is 4. The minimum Gasteiger partial charge on any atom is -0.461 e. The van der Waals surface area contributed by atoms with Crippen LogP contribution in [0, 0.1) is 0 Å². The van der Waals surface area contributed by atoms with Crippen LogP contribution in [0.1, 0.15) is 30.4 Å². The van der Waals surface area contributed by atoms with Crippen molar-refractivity contribution in [2.45, 2.75) is 19.9 Å². The van der Waals surface area contributed by atoms with Crippen molar-refractivity contribution in [3.8, 4) is 0 Å². The lowest BCUT2D eigenvalue weighted by atomic mass is 10.3. The number of primary amides is 1. The van der Waals surface area contributed by atoms with Gasteiger partial charge in [0.05, 0.1) is 12.9 Å². The second-order valence-electron chi connectivity index (χ2n) is 3.18. The molecular formula is C9H14N4O3. The first-order valence-electron chi connectivity index (χ1n) is 4.77. The summed E-state index contributed by atoms with van der Waals surface area (Å²) in [6.45, 7) is 3.48. The SMILES string of the molecule is CCOC(=O)c1ncn(C(C)C(N)=O)c1N. The summed E-state index contributed by atoms with van der Waals surface area (Å²) in [5, 5.41) is 0. The van der Waals surface area contributed by atoms with Gasteiger partial charge in [0.2, 0.25) is 5.91 Å². The number of ether oxygens (including phenoxy) is 1. The Morgan fingerprint density at radius 3 is 2.75 bits per heavy atom. The maximum Gasteiger partial charge on any atom is 0.360 e. The number of aromatic nitrogens is 2. The van der Waals surface area contributed by atoms with Crippen molar-refractivity contribution in [3.05, 3.63) is 12.0 Å². The van der Waals surface area contributed by atoms with Crippen LogP contribution in [-0.2, 0) is 9.53 Å². The fraction of sp³-hybridized carbons (Fsp3) is 0.444. The van der Waals surface area contributed by atoms with Crippen molar-refractivity contribution in [1.82, 2.24) is 9.55 Å². The van der Waals surface area contributed by atoms with E-state index in [9.17, 15) is 9.59 Å². The van der Waals surface area contributed by atoms with Gasteiger partial charge in [0.1, 0.15) is 11.9 Å². The van der Waals surface area contributed by atoms with Gasteiger partial charge in [0.15, 0.2) is 5.69 Å². The summed E-state index contributed by atoms with van der Waals surface area (Å²) in [5.74, 6) is -1.10. The van der Waals surface area contributed by atoms with E-state index in [0.29, 0.717) is 0 Å². The number of carbonyl (C=O) groups is 2. The number of nitrogens with two attached hydrogens (primary N) is 2. The number of hydrogen-bond acceptors (Lipinski definition) is 5. The van der Waals surface area contributed by atoms with Gasteiger partial charge in [0.25, 0.3) is 0 Å². The van der Waals surface area contributed by atoms with Crippen LogP contribution in [0.4, 0.5) is 5.82 Å². The molecule has 1 atom stereocenters. The molecule has 0 aliphatic heterocycles. The third-order valence-corrected chi connectivity index (χ3v) is 2.13. The van der Waals surface area contributed by atoms with Crippen molar-refractivity contribution >= 4 is 17.7 Å². The van der Waals surface area contributed by atoms with Gasteiger partial charge in [-0.25, -0.2) is 9.78 Å². The molecule has 0 aliphatic carbocycles. The van der Waals surface area contributed by atoms with E-state index >= 15 is 0 Å². The molecule has 1 aromatic rings. The van der Waals surface area contributed by atoms with Gasteiger partial charge >= 0.3 is 5.97 Å². The standard InChI is InChI=1S/C9H14N4O3/c1-3-16-9(15)6-7(10)13(4-12-6)5(2)8(11)14/h4-5H,3,10H2,1-2H3,(H2,11,14). The van der Waals surface area contributed by atoms with Crippen molar-refractivity contribution in [2.24, 2.45) is 5.73 Å². The highest BCUT2D eigenvalue weighted by Crippen LogP contribution is 2.16. The normalized spacial score (nSPS) is 12.1. The molecule has 4 N–H and O–H groups in total. The molecule has 1 amide bonds. The second kappa shape index (κ2) is 4.65. The number of carbonyl (C=O) groups excluding carboxylic acids is 2. The summed E-state index contributed by atoms with van der Waals surface area (Å²) in [4.78, 5) is 26.1. The third-order valence-electron chi connectivity index (χ3n) is 2.13. The minimum atomic E-state index is -0.657. The summed E-state index contributed by atoms with van der Waals surface area (Å²) < 4.78 is 6.08. The second-order valence-corrected chi connectivity index (χ2v) is 3.18. The summed E-state index contributed by atoms with van der Waals surface area (Å²) in [7, 11) is 0. The van der Waals surface area contributed by atoms with Crippen LogP contribution in [-0.4, -0.2) is 28.0 Å². The van der Waals surface area contributed by atoms with Crippen LogP contribution in [0.3, 0.4) is 0 Å². The molecule has 0 bridgehead atoms. The Kier molecular flexibility index (Phi) is 3.49. The van der Waals surface area contributed by atoms with Crippen LogP contribution in [0.25, 0.3) is 0 Å². The van der Waals surface area contributed by atoms with Crippen LogP contribution < -0.4 is 11.5 Å². The smallest absolute Gasteiger partial charge is 0.360 e. The van der Waals surface area contributed by atoms with E-state index in [0.717, 1.165) is 0 Å². The Bertz CT molecular complexity index is 413. The summed E-state index contributed by atoms with van der Waals surface area (Å²) in [6, 6.07) is -0.657. The molecule has 88 valence electrons. The van der Waals surface area contributed by atoms with E-state index in [2.05, 4.69) is 4.98 Å². The zero-order chi connectivity index (χ0) is 12.3. The van der Waals surface area contributed by atoms with Gasteiger partial charge in [0, 0.05) is 0 Å². The van der Waals surface area contributed by atoms with Gasteiger partial charge in [-0.15, -0.1) is 0 Å². The van der Waals surface area contributed by atoms with E-state index in [1.54, 1.807) is 13.8 Å². The quantitative estimate of drug-likeness (QED) is 0.683. The molecule has 1 unspecified atom stereocenters. The highest BCUT2D eigenvalue weighted by Gasteiger charge is 2.21. The first-order valence-corrected chi connectivity index (χ1v) is 4.77. The molecule has 1 rings (SSSR count). The molecule has 1 heterocycles. The number of imidazole rings is 1. The zero-order valence-corrected chi connectivity index (χ0v) is 9.14. The lowest BCUT2D eigenvalue weighted by Crippen LogP contribution is -2.24. The summed E-state index contributed by atoms with van der Waals surface area (Å²) >= 11 is 0. The summed E-state index contributed by atoms with van der Waals surface area (Å²) in [6.07, 6.45) is 1.29. The first kappa shape index (κ1) is 12.0. The Labute approximate surface area is 92.4 Å². The molecule has 0 spiro atoms. The van der Waals surface area contributed by atoms with Crippen LogP contribution in [0.2, 0.25) is 0 Å². The Hall–Kier alpha value is -2.05. The Morgan fingerprint density at radius 1 is 1.62 bits per heavy atom. The fourth-order valence-electron chi connectivity index (χ4n) is 1.17. The van der Waals surface area contributed by atoms with E-state index in [-0.39, 0.29) is 18.1 Å². The van der Waals surface area contributed by atoms with Crippen molar-refractivity contribution in [2.75, 3.05) is 12.3 Å². The maximum atomic E-state index is 11.4. The van der Waals surface area contributed by atoms with Crippen molar-refractivity contribution < 1.29 is 14.3 Å². The topological polar surface area (TPSA) is 113 Å². The van der Waals surface area contributed by atoms with Gasteiger partial charge in [-0.1, -0.05) is 0 Å². The molecule has 0 radical (unpaired) electrons. The summed E-state index contributed by atoms with van der Waals surface area (Å²) in [5.41, 5.74) is 10.8. The highest BCUT2D eigenvalue weighted by atomic mass is 16.5. The molecule has 16 heavy (non-hydrogen) atoms. The highest BCUT2D eigenvalue weighted by molar-refractivity contribution is 5.92. The van der Waals surface area contributed by atoms with E-state index in [1.807, 2.05) is 0 Å². The zero-order valence-electron chi connectivity index (χ0n) is 9.14. The Morgan fingerprint density at radius 2 is 2.25 bits per heavy atom. The van der Waals surface area contributed by atoms with Crippen LogP contribution in [0.5, 0.6) is 0 Å². The molecule has 7 heteroatoms. The predicted octanol–water partition coefficient (Wildman–Crippen LogP) is -0.312. The molecule has 0 saturated heterocycles. The lowest BCUT2D eigenvalue weighted by Gasteiger charge is -2.10.